The zero-order valence-corrected chi connectivity index (χ0v) is 14.7. The van der Waals surface area contributed by atoms with E-state index in [2.05, 4.69) is 20.3 Å². The van der Waals surface area contributed by atoms with Gasteiger partial charge in [0.15, 0.2) is 0 Å². The normalized spacial score (nSPS) is 16.2. The number of imide groups is 1. The molecule has 152 valence electrons. The second-order valence-electron chi connectivity index (χ2n) is 5.26. The van der Waals surface area contributed by atoms with E-state index >= 15 is 0 Å². The van der Waals surface area contributed by atoms with E-state index < -0.39 is 71.3 Å². The van der Waals surface area contributed by atoms with Crippen molar-refractivity contribution in [1.82, 2.24) is 5.06 Å². The van der Waals surface area contributed by atoms with Gasteiger partial charge in [-0.15, -0.1) is 9.35 Å². The van der Waals surface area contributed by atoms with Crippen LogP contribution in [0, 0.1) is 0 Å². The third-order valence-electron chi connectivity index (χ3n) is 2.89. The van der Waals surface area contributed by atoms with Gasteiger partial charge in [-0.1, -0.05) is 6.58 Å². The topological polar surface area (TPSA) is 154 Å². The summed E-state index contributed by atoms with van der Waals surface area (Å²) in [5.74, 6) is -5.89. The molecule has 0 saturated carbocycles. The summed E-state index contributed by atoms with van der Waals surface area (Å²) in [5.41, 5.74) is -0.0139. The summed E-state index contributed by atoms with van der Waals surface area (Å²) in [5, 5.41) is 3.72. The number of rotatable bonds is 9. The second kappa shape index (κ2) is 8.49. The van der Waals surface area contributed by atoms with E-state index in [1.165, 1.54) is 6.92 Å². The maximum Gasteiger partial charge on any atom is 0.467 e. The lowest BCUT2D eigenvalue weighted by Crippen LogP contribution is -2.45. The second-order valence-corrected chi connectivity index (χ2v) is 6.83. The van der Waals surface area contributed by atoms with Crippen LogP contribution in [0.4, 0.5) is 8.78 Å². The number of alkyl halides is 2. The molecule has 1 unspecified atom stereocenters. The minimum Gasteiger partial charge on any atom is -0.459 e. The molecule has 1 fully saturated rings. The molecular formula is C13H15F2NO10S. The third kappa shape index (κ3) is 5.51. The van der Waals surface area contributed by atoms with Crippen LogP contribution in [0.5, 0.6) is 0 Å². The van der Waals surface area contributed by atoms with Crippen molar-refractivity contribution < 1.29 is 55.2 Å². The van der Waals surface area contributed by atoms with Gasteiger partial charge in [-0.25, -0.2) is 9.59 Å². The Morgan fingerprint density at radius 2 is 1.70 bits per heavy atom. The van der Waals surface area contributed by atoms with E-state index in [0.29, 0.717) is 0 Å². The number of hydroxylamine groups is 2. The lowest BCUT2D eigenvalue weighted by Gasteiger charge is -2.19. The standard InChI is InChI=1S/C13H15F2NO10S/c1-7(2)11(20)24-5-8(17)6-25-12(21)13(14,15)27(22,23)26-16-9(18)3-4-10(16)19/h8,17H,1,3-6H2,2H3. The third-order valence-corrected chi connectivity index (χ3v) is 4.03. The monoisotopic (exact) mass is 415 g/mol. The van der Waals surface area contributed by atoms with E-state index in [1.54, 1.807) is 0 Å². The first-order valence-corrected chi connectivity index (χ1v) is 8.56. The smallest absolute Gasteiger partial charge is 0.459 e. The maximum absolute atomic E-state index is 13.8. The van der Waals surface area contributed by atoms with Gasteiger partial charge in [-0.3, -0.25) is 9.59 Å². The number of esters is 2. The number of ether oxygens (including phenoxy) is 2. The van der Waals surface area contributed by atoms with Gasteiger partial charge in [-0.2, -0.15) is 17.2 Å². The van der Waals surface area contributed by atoms with Gasteiger partial charge < -0.3 is 14.6 Å². The van der Waals surface area contributed by atoms with Crippen molar-refractivity contribution in [2.75, 3.05) is 13.2 Å². The molecule has 11 nitrogen and oxygen atoms in total. The average Bonchev–Trinajstić information content (AvgIpc) is 2.88. The fourth-order valence-electron chi connectivity index (χ4n) is 1.49. The highest BCUT2D eigenvalue weighted by Crippen LogP contribution is 2.28. The Bertz CT molecular complexity index is 747. The predicted molar refractivity (Wildman–Crippen MR) is 78.8 cm³/mol. The zero-order chi connectivity index (χ0) is 21.0. The van der Waals surface area contributed by atoms with Crippen LogP contribution in [0.1, 0.15) is 19.8 Å². The highest BCUT2D eigenvalue weighted by atomic mass is 32.2. The number of hydrogen-bond acceptors (Lipinski definition) is 10. The van der Waals surface area contributed by atoms with Crippen molar-refractivity contribution in [1.29, 1.82) is 0 Å². The van der Waals surface area contributed by atoms with Gasteiger partial charge in [0, 0.05) is 18.4 Å². The van der Waals surface area contributed by atoms with Crippen LogP contribution < -0.4 is 0 Å². The van der Waals surface area contributed by atoms with Crippen molar-refractivity contribution in [2.45, 2.75) is 31.1 Å². The zero-order valence-electron chi connectivity index (χ0n) is 13.8. The molecule has 1 aliphatic heterocycles. The minimum absolute atomic E-state index is 0.0139. The molecule has 0 aromatic carbocycles. The largest absolute Gasteiger partial charge is 0.467 e. The number of halogens is 2. The molecule has 1 atom stereocenters. The Morgan fingerprint density at radius 1 is 1.22 bits per heavy atom. The number of hydrogen-bond donors (Lipinski definition) is 1. The van der Waals surface area contributed by atoms with E-state index in [-0.39, 0.29) is 10.6 Å². The molecule has 0 aliphatic carbocycles. The van der Waals surface area contributed by atoms with E-state index in [1.807, 2.05) is 0 Å². The molecule has 0 radical (unpaired) electrons. The van der Waals surface area contributed by atoms with Crippen LogP contribution in [0.2, 0.25) is 0 Å². The van der Waals surface area contributed by atoms with Gasteiger partial charge in [0.2, 0.25) is 0 Å². The number of carbonyl (C=O) groups excluding carboxylic acids is 4. The molecule has 1 aliphatic rings. The van der Waals surface area contributed by atoms with Crippen LogP contribution in [-0.2, 0) is 43.1 Å². The molecular weight excluding hydrogens is 400 g/mol. The molecule has 27 heavy (non-hydrogen) atoms. The summed E-state index contributed by atoms with van der Waals surface area (Å²) in [7, 11) is -6.10. The molecule has 2 amide bonds. The van der Waals surface area contributed by atoms with Crippen molar-refractivity contribution in [2.24, 2.45) is 0 Å². The molecule has 1 saturated heterocycles. The molecule has 1 heterocycles. The fraction of sp³-hybridized carbons (Fsp3) is 0.538. The highest BCUT2D eigenvalue weighted by molar-refractivity contribution is 7.88. The number of aliphatic hydroxyl groups is 1. The molecule has 0 bridgehead atoms. The summed E-state index contributed by atoms with van der Waals surface area (Å²) < 4.78 is 62.7. The SMILES string of the molecule is C=C(C)C(=O)OCC(O)COC(=O)C(F)(F)S(=O)(=O)ON1C(=O)CCC1=O. The number of carbonyl (C=O) groups is 4. The Hall–Kier alpha value is -2.45. The first kappa shape index (κ1) is 22.6. The molecule has 0 aromatic rings. The van der Waals surface area contributed by atoms with Gasteiger partial charge >= 0.3 is 27.3 Å². The van der Waals surface area contributed by atoms with Crippen molar-refractivity contribution in [3.8, 4) is 0 Å². The van der Waals surface area contributed by atoms with Crippen LogP contribution in [0.3, 0.4) is 0 Å². The van der Waals surface area contributed by atoms with Gasteiger partial charge in [0.25, 0.3) is 11.8 Å². The van der Waals surface area contributed by atoms with Crippen molar-refractivity contribution in [3.05, 3.63) is 12.2 Å². The first-order valence-electron chi connectivity index (χ1n) is 7.15. The number of nitrogens with zero attached hydrogens (tertiary/aromatic N) is 1. The van der Waals surface area contributed by atoms with Gasteiger partial charge in [-0.05, 0) is 6.92 Å². The molecule has 0 aromatic heterocycles. The van der Waals surface area contributed by atoms with Crippen LogP contribution in [0.25, 0.3) is 0 Å². The Labute approximate surface area is 151 Å². The minimum atomic E-state index is -6.10. The first-order chi connectivity index (χ1) is 12.3. The van der Waals surface area contributed by atoms with Crippen molar-refractivity contribution >= 4 is 33.9 Å². The van der Waals surface area contributed by atoms with Gasteiger partial charge in [0.1, 0.15) is 19.3 Å². The summed E-state index contributed by atoms with van der Waals surface area (Å²) in [6.07, 6.45) is -2.63. The Morgan fingerprint density at radius 3 is 2.19 bits per heavy atom. The van der Waals surface area contributed by atoms with E-state index in [4.69, 9.17) is 0 Å². The maximum atomic E-state index is 13.8. The quantitative estimate of drug-likeness (QED) is 0.282. The summed E-state index contributed by atoms with van der Waals surface area (Å²) in [6, 6.07) is 0. The number of amides is 2. The molecule has 1 rings (SSSR count). The van der Waals surface area contributed by atoms with Crippen molar-refractivity contribution in [3.63, 3.8) is 0 Å². The summed E-state index contributed by atoms with van der Waals surface area (Å²) in [6.45, 7) is 2.66. The summed E-state index contributed by atoms with van der Waals surface area (Å²) >= 11 is 0. The number of aliphatic hydroxyl groups excluding tert-OH is 1. The lowest BCUT2D eigenvalue weighted by molar-refractivity contribution is -0.173. The summed E-state index contributed by atoms with van der Waals surface area (Å²) in [4.78, 5) is 44.9. The molecule has 14 heteroatoms. The highest BCUT2D eigenvalue weighted by Gasteiger charge is 2.58. The predicted octanol–water partition coefficient (Wildman–Crippen LogP) is -0.987. The van der Waals surface area contributed by atoms with E-state index in [9.17, 15) is 41.5 Å². The average molecular weight is 415 g/mol. The molecule has 1 N–H and O–H groups in total. The van der Waals surface area contributed by atoms with Crippen LogP contribution in [0.15, 0.2) is 12.2 Å². The Balaban J connectivity index is 2.66. The fourth-order valence-corrected chi connectivity index (χ4v) is 2.20. The van der Waals surface area contributed by atoms with E-state index in [0.717, 1.165) is 0 Å². The lowest BCUT2D eigenvalue weighted by atomic mass is 10.3. The molecule has 0 spiro atoms. The van der Waals surface area contributed by atoms with Gasteiger partial charge in [0.05, 0.1) is 0 Å². The van der Waals surface area contributed by atoms with Crippen LogP contribution >= 0.6 is 0 Å². The van der Waals surface area contributed by atoms with Crippen LogP contribution in [-0.4, -0.2) is 66.9 Å². The Kier molecular flexibility index (Phi) is 7.11.